The van der Waals surface area contributed by atoms with Gasteiger partial charge in [0.05, 0.1) is 31.8 Å². The van der Waals surface area contributed by atoms with Crippen LogP contribution in [0.2, 0.25) is 0 Å². The number of alkyl halides is 2. The van der Waals surface area contributed by atoms with Crippen molar-refractivity contribution in [3.8, 4) is 0 Å². The molecule has 212 valence electrons. The molecule has 2 aliphatic heterocycles. The maximum absolute atomic E-state index is 15.1. The van der Waals surface area contributed by atoms with E-state index in [9.17, 15) is 40.4 Å². The molecule has 3 N–H and O–H groups in total. The van der Waals surface area contributed by atoms with E-state index in [4.69, 9.17) is 4.74 Å². The zero-order valence-electron chi connectivity index (χ0n) is 20.1. The highest BCUT2D eigenvalue weighted by Gasteiger charge is 2.49. The summed E-state index contributed by atoms with van der Waals surface area (Å²) >= 11 is 0. The second kappa shape index (κ2) is 10.5. The van der Waals surface area contributed by atoms with Gasteiger partial charge in [-0.05, 0) is 18.6 Å². The number of nitrogens with zero attached hydrogens (tertiary/aromatic N) is 2. The number of anilines is 1. The number of aryl methyl sites for hydroxylation is 1. The van der Waals surface area contributed by atoms with Gasteiger partial charge in [0.25, 0.3) is 11.8 Å². The summed E-state index contributed by atoms with van der Waals surface area (Å²) in [7, 11) is -3.85. The second-order valence-electron chi connectivity index (χ2n) is 9.01. The minimum Gasteiger partial charge on any atom is -0.377 e. The Hall–Kier alpha value is -3.57. The fourth-order valence-electron chi connectivity index (χ4n) is 4.00. The average molecular weight is 580 g/mol. The quantitative estimate of drug-likeness (QED) is 0.341. The second-order valence-corrected chi connectivity index (χ2v) is 10.7. The number of halogens is 5. The molecule has 2 aromatic rings. The van der Waals surface area contributed by atoms with Gasteiger partial charge >= 0.3 is 11.8 Å². The summed E-state index contributed by atoms with van der Waals surface area (Å²) in [4.78, 5) is 36.3. The first-order valence-corrected chi connectivity index (χ1v) is 12.9. The number of hydrogen-bond donors (Lipinski definition) is 3. The number of carbonyl (C=O) groups is 3. The molecule has 1 unspecified atom stereocenters. The van der Waals surface area contributed by atoms with Crippen molar-refractivity contribution in [2.24, 2.45) is 7.05 Å². The van der Waals surface area contributed by atoms with Crippen LogP contribution >= 0.6 is 0 Å². The number of rotatable bonds is 6. The lowest BCUT2D eigenvalue weighted by Crippen LogP contribution is -2.61. The van der Waals surface area contributed by atoms with Gasteiger partial charge < -0.3 is 24.8 Å². The number of piperidine rings is 1. The first-order valence-electron chi connectivity index (χ1n) is 11.4. The van der Waals surface area contributed by atoms with Crippen LogP contribution < -0.4 is 15.4 Å². The monoisotopic (exact) mass is 579 g/mol. The molecule has 2 aliphatic rings. The van der Waals surface area contributed by atoms with Crippen molar-refractivity contribution in [2.75, 3.05) is 31.6 Å². The lowest BCUT2D eigenvalue weighted by atomic mass is 10.0. The Bertz CT molecular complexity index is 1430. The zero-order chi connectivity index (χ0) is 28.7. The van der Waals surface area contributed by atoms with E-state index in [2.05, 4.69) is 10.6 Å². The van der Waals surface area contributed by atoms with Crippen molar-refractivity contribution < 1.29 is 49.5 Å². The largest absolute Gasteiger partial charge is 0.377 e. The minimum absolute atomic E-state index is 0.184. The molecule has 1 atom stereocenters. The predicted octanol–water partition coefficient (Wildman–Crippen LogP) is 0.724. The summed E-state index contributed by atoms with van der Waals surface area (Å²) < 4.78 is 104. The van der Waals surface area contributed by atoms with E-state index >= 15 is 4.39 Å². The van der Waals surface area contributed by atoms with E-state index < -0.39 is 93.3 Å². The summed E-state index contributed by atoms with van der Waals surface area (Å²) in [5.41, 5.74) is -1.08. The summed E-state index contributed by atoms with van der Waals surface area (Å²) in [6.45, 7) is -1.30. The third kappa shape index (κ3) is 5.89. The summed E-state index contributed by atoms with van der Waals surface area (Å²) in [6.07, 6.45) is 0.0822. The number of carbonyl (C=O) groups excluding carboxylic acids is 3. The van der Waals surface area contributed by atoms with Crippen LogP contribution in [0.1, 0.15) is 16.9 Å². The number of benzene rings is 1. The lowest BCUT2D eigenvalue weighted by Gasteiger charge is -2.38. The highest BCUT2D eigenvalue weighted by Crippen LogP contribution is 2.30. The lowest BCUT2D eigenvalue weighted by molar-refractivity contribution is -0.155. The molecule has 0 saturated carbocycles. The number of sulfonamides is 1. The normalized spacial score (nSPS) is 19.3. The van der Waals surface area contributed by atoms with Crippen LogP contribution in [-0.4, -0.2) is 79.9 Å². The summed E-state index contributed by atoms with van der Waals surface area (Å²) in [5, 5.41) is 4.42. The standard InChI is InChI=1S/C22H22F5N5O6S/c1-31-7-15(17(25)18(31)19(33)28-11-2-3-13(23)14(24)6-11)39(36,37)30-16-4-5-32(10-22(16,26)27)21(35)20(34)29-12-8-38-9-12/h2-3,6-7,12,16,30H,4-5,8-10H2,1H3,(H,28,33)(H,29,34). The topological polar surface area (TPSA) is 139 Å². The minimum atomic E-state index is -4.96. The van der Waals surface area contributed by atoms with Gasteiger partial charge in [-0.3, -0.25) is 14.4 Å². The molecule has 0 aliphatic carbocycles. The molecule has 2 fully saturated rings. The van der Waals surface area contributed by atoms with Crippen LogP contribution in [0, 0.1) is 17.5 Å². The van der Waals surface area contributed by atoms with Crippen molar-refractivity contribution in [3.63, 3.8) is 0 Å². The Kier molecular flexibility index (Phi) is 7.68. The van der Waals surface area contributed by atoms with Crippen LogP contribution in [0.15, 0.2) is 29.3 Å². The van der Waals surface area contributed by atoms with Crippen molar-refractivity contribution in [1.29, 1.82) is 0 Å². The van der Waals surface area contributed by atoms with Crippen molar-refractivity contribution >= 4 is 33.4 Å². The SMILES string of the molecule is Cn1cc(S(=O)(=O)NC2CCN(C(=O)C(=O)NC3COC3)CC2(F)F)c(F)c1C(=O)Nc1ccc(F)c(F)c1. The molecule has 0 radical (unpaired) electrons. The van der Waals surface area contributed by atoms with Gasteiger partial charge in [-0.2, -0.15) is 0 Å². The molecule has 0 bridgehead atoms. The Morgan fingerprint density at radius 3 is 2.38 bits per heavy atom. The van der Waals surface area contributed by atoms with Crippen molar-refractivity contribution in [1.82, 2.24) is 19.5 Å². The number of aromatic nitrogens is 1. The van der Waals surface area contributed by atoms with Crippen LogP contribution in [0.3, 0.4) is 0 Å². The van der Waals surface area contributed by atoms with Gasteiger partial charge in [0.1, 0.15) is 10.6 Å². The van der Waals surface area contributed by atoms with Crippen LogP contribution in [0.4, 0.5) is 27.6 Å². The molecule has 2 saturated heterocycles. The predicted molar refractivity (Wildman–Crippen MR) is 123 cm³/mol. The highest BCUT2D eigenvalue weighted by molar-refractivity contribution is 7.89. The number of amides is 3. The molecule has 3 heterocycles. The fraction of sp³-hybridized carbons (Fsp3) is 0.409. The van der Waals surface area contributed by atoms with Crippen LogP contribution in [0.5, 0.6) is 0 Å². The molecule has 1 aromatic carbocycles. The number of likely N-dealkylation sites (tertiary alicyclic amines) is 1. The number of ether oxygens (including phenoxy) is 1. The van der Waals surface area contributed by atoms with E-state index in [1.807, 2.05) is 0 Å². The molecular formula is C22H22F5N5O6S. The van der Waals surface area contributed by atoms with E-state index in [-0.39, 0.29) is 18.9 Å². The van der Waals surface area contributed by atoms with Crippen molar-refractivity contribution in [3.05, 3.63) is 47.5 Å². The fourth-order valence-corrected chi connectivity index (χ4v) is 5.42. The molecule has 4 rings (SSSR count). The summed E-state index contributed by atoms with van der Waals surface area (Å²) in [6, 6.07) is -0.149. The van der Waals surface area contributed by atoms with Gasteiger partial charge in [0.2, 0.25) is 10.0 Å². The Morgan fingerprint density at radius 1 is 1.10 bits per heavy atom. The van der Waals surface area contributed by atoms with Gasteiger partial charge in [-0.1, -0.05) is 0 Å². The maximum Gasteiger partial charge on any atom is 0.312 e. The average Bonchev–Trinajstić information content (AvgIpc) is 3.13. The van der Waals surface area contributed by atoms with Gasteiger partial charge in [-0.25, -0.2) is 35.1 Å². The molecule has 1 aromatic heterocycles. The molecule has 0 spiro atoms. The van der Waals surface area contributed by atoms with E-state index in [1.54, 1.807) is 4.72 Å². The van der Waals surface area contributed by atoms with Crippen LogP contribution in [0.25, 0.3) is 0 Å². The number of hydrogen-bond acceptors (Lipinski definition) is 6. The first kappa shape index (κ1) is 28.4. The molecular weight excluding hydrogens is 557 g/mol. The molecule has 17 heteroatoms. The van der Waals surface area contributed by atoms with E-state index in [1.165, 1.54) is 0 Å². The maximum atomic E-state index is 15.1. The zero-order valence-corrected chi connectivity index (χ0v) is 21.0. The van der Waals surface area contributed by atoms with E-state index in [0.29, 0.717) is 23.2 Å². The Morgan fingerprint density at radius 2 is 1.79 bits per heavy atom. The van der Waals surface area contributed by atoms with Gasteiger partial charge in [0.15, 0.2) is 17.5 Å². The third-order valence-electron chi connectivity index (χ3n) is 6.12. The number of nitrogens with one attached hydrogen (secondary N) is 3. The van der Waals surface area contributed by atoms with E-state index in [0.717, 1.165) is 17.7 Å². The van der Waals surface area contributed by atoms with Crippen molar-refractivity contribution in [2.45, 2.75) is 29.3 Å². The Labute approximate surface area is 218 Å². The first-order chi connectivity index (χ1) is 18.2. The molecule has 11 nitrogen and oxygen atoms in total. The summed E-state index contributed by atoms with van der Waals surface area (Å²) in [5.74, 6) is -11.4. The molecule has 39 heavy (non-hydrogen) atoms. The smallest absolute Gasteiger partial charge is 0.312 e. The van der Waals surface area contributed by atoms with Gasteiger partial charge in [-0.15, -0.1) is 0 Å². The third-order valence-corrected chi connectivity index (χ3v) is 7.58. The molecule has 3 amide bonds. The van der Waals surface area contributed by atoms with Crippen LogP contribution in [-0.2, 0) is 31.4 Å². The van der Waals surface area contributed by atoms with Gasteiger partial charge in [0, 0.05) is 31.5 Å². The Balaban J connectivity index is 1.46. The highest BCUT2D eigenvalue weighted by atomic mass is 32.2.